The lowest BCUT2D eigenvalue weighted by molar-refractivity contribution is -0.124. The number of hydrogen-bond donors (Lipinski definition) is 1. The Morgan fingerprint density at radius 2 is 1.77 bits per heavy atom. The van der Waals surface area contributed by atoms with E-state index >= 15 is 0 Å². The monoisotopic (exact) mass is 442 g/mol. The number of fused-ring (bicyclic) bond motifs is 1. The molecule has 166 valence electrons. The van der Waals surface area contributed by atoms with Gasteiger partial charge in [0.2, 0.25) is 5.91 Å². The molecule has 2 atom stereocenters. The maximum atomic E-state index is 13.7. The number of methoxy groups -OCH3 is 2. The number of nitrogens with zero attached hydrogens (tertiary/aromatic N) is 1. The Balaban J connectivity index is 1.78. The van der Waals surface area contributed by atoms with Gasteiger partial charge in [0.05, 0.1) is 26.2 Å². The van der Waals surface area contributed by atoms with E-state index in [1.807, 2.05) is 17.5 Å². The minimum atomic E-state index is -0.514. The first-order valence-electron chi connectivity index (χ1n) is 10.9. The summed E-state index contributed by atoms with van der Waals surface area (Å²) in [6.45, 7) is 0. The van der Waals surface area contributed by atoms with Gasteiger partial charge in [0.1, 0.15) is 0 Å². The van der Waals surface area contributed by atoms with E-state index in [1.54, 1.807) is 49.6 Å². The first kappa shape index (κ1) is 21.7. The van der Waals surface area contributed by atoms with Gasteiger partial charge in [-0.3, -0.25) is 9.59 Å². The first-order valence-corrected chi connectivity index (χ1v) is 11.8. The lowest BCUT2D eigenvalue weighted by atomic mass is 9.81. The maximum Gasteiger partial charge on any atom is 0.254 e. The minimum Gasteiger partial charge on any atom is -0.493 e. The van der Waals surface area contributed by atoms with Gasteiger partial charge in [-0.1, -0.05) is 31.7 Å². The van der Waals surface area contributed by atoms with Crippen molar-refractivity contribution in [3.8, 4) is 11.5 Å². The Hall–Kier alpha value is -2.54. The van der Waals surface area contributed by atoms with E-state index in [0.29, 0.717) is 22.6 Å². The van der Waals surface area contributed by atoms with E-state index in [-0.39, 0.29) is 23.9 Å². The van der Waals surface area contributed by atoms with Crippen LogP contribution in [0, 0.1) is 0 Å². The van der Waals surface area contributed by atoms with Crippen LogP contribution in [-0.2, 0) is 4.79 Å². The molecule has 1 fully saturated rings. The van der Waals surface area contributed by atoms with Crippen molar-refractivity contribution in [2.24, 2.45) is 0 Å². The Morgan fingerprint density at radius 3 is 2.39 bits per heavy atom. The summed E-state index contributed by atoms with van der Waals surface area (Å²) in [5.41, 5.74) is 1.19. The van der Waals surface area contributed by atoms with Crippen molar-refractivity contribution in [1.29, 1.82) is 0 Å². The van der Waals surface area contributed by atoms with Crippen LogP contribution in [0.2, 0.25) is 0 Å². The molecule has 1 aromatic heterocycles. The van der Waals surface area contributed by atoms with Crippen LogP contribution in [0.15, 0.2) is 29.6 Å². The SMILES string of the molecule is COc1cc2c(cc1OC)C(C(=O)NC1CCCCCC1)C(c1cccs1)N(C)C2=O. The fourth-order valence-corrected chi connectivity index (χ4v) is 5.77. The number of rotatable bonds is 5. The highest BCUT2D eigenvalue weighted by atomic mass is 32.1. The van der Waals surface area contributed by atoms with Crippen LogP contribution in [0.4, 0.5) is 0 Å². The molecule has 31 heavy (non-hydrogen) atoms. The summed E-state index contributed by atoms with van der Waals surface area (Å²) < 4.78 is 10.9. The van der Waals surface area contributed by atoms with E-state index in [0.717, 1.165) is 30.6 Å². The zero-order chi connectivity index (χ0) is 22.0. The maximum absolute atomic E-state index is 13.7. The molecular weight excluding hydrogens is 412 g/mol. The van der Waals surface area contributed by atoms with Gasteiger partial charge in [0.15, 0.2) is 11.5 Å². The van der Waals surface area contributed by atoms with Crippen LogP contribution < -0.4 is 14.8 Å². The van der Waals surface area contributed by atoms with Gasteiger partial charge in [-0.25, -0.2) is 0 Å². The molecule has 2 amide bonds. The van der Waals surface area contributed by atoms with E-state index in [1.165, 1.54) is 12.8 Å². The molecule has 4 rings (SSSR count). The first-order chi connectivity index (χ1) is 15.0. The highest BCUT2D eigenvalue weighted by Crippen LogP contribution is 2.46. The van der Waals surface area contributed by atoms with Gasteiger partial charge < -0.3 is 19.7 Å². The van der Waals surface area contributed by atoms with Crippen LogP contribution in [0.3, 0.4) is 0 Å². The summed E-state index contributed by atoms with van der Waals surface area (Å²) in [6, 6.07) is 7.29. The molecule has 2 aliphatic rings. The van der Waals surface area contributed by atoms with E-state index in [9.17, 15) is 9.59 Å². The quantitative estimate of drug-likeness (QED) is 0.692. The molecule has 2 aromatic rings. The van der Waals surface area contributed by atoms with E-state index < -0.39 is 5.92 Å². The largest absolute Gasteiger partial charge is 0.493 e. The number of amides is 2. The fourth-order valence-electron chi connectivity index (χ4n) is 4.86. The van der Waals surface area contributed by atoms with Crippen molar-refractivity contribution in [3.05, 3.63) is 45.6 Å². The standard InChI is InChI=1S/C24H30N2O4S/c1-26-22(20-11-8-12-31-20)21(23(27)25-15-9-6-4-5-7-10-15)16-13-18(29-2)19(30-3)14-17(16)24(26)28/h8,11-15,21-22H,4-7,9-10H2,1-3H3,(H,25,27). The second-order valence-electron chi connectivity index (χ2n) is 8.35. The highest BCUT2D eigenvalue weighted by molar-refractivity contribution is 7.10. The van der Waals surface area contributed by atoms with Crippen molar-refractivity contribution >= 4 is 23.2 Å². The third-order valence-corrected chi connectivity index (χ3v) is 7.44. The van der Waals surface area contributed by atoms with Gasteiger partial charge >= 0.3 is 0 Å². The van der Waals surface area contributed by atoms with Gasteiger partial charge in [-0.05, 0) is 42.0 Å². The topological polar surface area (TPSA) is 67.9 Å². The summed E-state index contributed by atoms with van der Waals surface area (Å²) in [5.74, 6) is 0.349. The van der Waals surface area contributed by atoms with Crippen molar-refractivity contribution in [2.45, 2.75) is 56.5 Å². The summed E-state index contributed by atoms with van der Waals surface area (Å²) >= 11 is 1.57. The van der Waals surface area contributed by atoms with Crippen molar-refractivity contribution < 1.29 is 19.1 Å². The van der Waals surface area contributed by atoms with Crippen molar-refractivity contribution in [1.82, 2.24) is 10.2 Å². The van der Waals surface area contributed by atoms with Crippen LogP contribution >= 0.6 is 11.3 Å². The molecular formula is C24H30N2O4S. The highest BCUT2D eigenvalue weighted by Gasteiger charge is 2.44. The van der Waals surface area contributed by atoms with Crippen molar-refractivity contribution in [3.63, 3.8) is 0 Å². The molecule has 0 saturated heterocycles. The van der Waals surface area contributed by atoms with Gasteiger partial charge in [-0.15, -0.1) is 11.3 Å². The average molecular weight is 443 g/mol. The Kier molecular flexibility index (Phi) is 6.51. The molecule has 0 bridgehead atoms. The van der Waals surface area contributed by atoms with Gasteiger partial charge in [-0.2, -0.15) is 0 Å². The van der Waals surface area contributed by atoms with E-state index in [2.05, 4.69) is 5.32 Å². The molecule has 0 spiro atoms. The number of ether oxygens (including phenoxy) is 2. The predicted octanol–water partition coefficient (Wildman–Crippen LogP) is 4.51. The number of benzene rings is 1. The zero-order valence-corrected chi connectivity index (χ0v) is 19.2. The molecule has 7 heteroatoms. The minimum absolute atomic E-state index is 0.0295. The average Bonchev–Trinajstić information content (AvgIpc) is 3.19. The number of thiophene rings is 1. The van der Waals surface area contributed by atoms with E-state index in [4.69, 9.17) is 9.47 Å². The van der Waals surface area contributed by atoms with Crippen LogP contribution in [0.1, 0.15) is 71.3 Å². The molecule has 1 N–H and O–H groups in total. The van der Waals surface area contributed by atoms with Gasteiger partial charge in [0, 0.05) is 23.5 Å². The zero-order valence-electron chi connectivity index (χ0n) is 18.3. The number of nitrogens with one attached hydrogen (secondary N) is 1. The van der Waals surface area contributed by atoms with Crippen LogP contribution in [0.5, 0.6) is 11.5 Å². The normalized spacial score (nSPS) is 21.9. The number of hydrogen-bond acceptors (Lipinski definition) is 5. The molecule has 6 nitrogen and oxygen atoms in total. The molecule has 1 aromatic carbocycles. The lowest BCUT2D eigenvalue weighted by Crippen LogP contribution is -2.47. The summed E-state index contributed by atoms with van der Waals surface area (Å²) in [7, 11) is 4.89. The van der Waals surface area contributed by atoms with Crippen LogP contribution in [0.25, 0.3) is 0 Å². The molecule has 2 heterocycles. The van der Waals surface area contributed by atoms with Gasteiger partial charge in [0.25, 0.3) is 5.91 Å². The summed E-state index contributed by atoms with van der Waals surface area (Å²) in [6.07, 6.45) is 6.76. The lowest BCUT2D eigenvalue weighted by Gasteiger charge is -2.39. The molecule has 1 aliphatic carbocycles. The van der Waals surface area contributed by atoms with Crippen molar-refractivity contribution in [2.75, 3.05) is 21.3 Å². The Labute approximate surface area is 187 Å². The number of carbonyl (C=O) groups excluding carboxylic acids is 2. The second kappa shape index (κ2) is 9.30. The third kappa shape index (κ3) is 4.15. The van der Waals surface area contributed by atoms with Crippen LogP contribution in [-0.4, -0.2) is 44.0 Å². The second-order valence-corrected chi connectivity index (χ2v) is 9.32. The molecule has 0 radical (unpaired) electrons. The third-order valence-electron chi connectivity index (χ3n) is 6.49. The Bertz CT molecular complexity index is 935. The number of carbonyl (C=O) groups is 2. The molecule has 2 unspecified atom stereocenters. The molecule has 1 aliphatic heterocycles. The fraction of sp³-hybridized carbons (Fsp3) is 0.500. The smallest absolute Gasteiger partial charge is 0.254 e. The number of likely N-dealkylation sites (N-methyl/N-ethyl adjacent to an activating group) is 1. The summed E-state index contributed by atoms with van der Waals surface area (Å²) in [4.78, 5) is 29.7. The Morgan fingerprint density at radius 1 is 1.10 bits per heavy atom. The molecule has 1 saturated carbocycles. The summed E-state index contributed by atoms with van der Waals surface area (Å²) in [5, 5.41) is 5.30. The predicted molar refractivity (Wildman–Crippen MR) is 121 cm³/mol.